The monoisotopic (exact) mass is 1060 g/mol. The van der Waals surface area contributed by atoms with Crippen molar-refractivity contribution < 1.29 is 100 Å². The van der Waals surface area contributed by atoms with Crippen molar-refractivity contribution in [2.45, 2.75) is 140 Å². The summed E-state index contributed by atoms with van der Waals surface area (Å²) in [5.74, 6) is -1.24. The number of fused-ring (bicyclic) bond motifs is 1. The Labute approximate surface area is 401 Å². The van der Waals surface area contributed by atoms with Gasteiger partial charge in [0.2, 0.25) is 11.8 Å². The highest BCUT2D eigenvalue weighted by Gasteiger charge is 2.47. The number of aliphatic hydroxyl groups is 4. The third-order valence-electron chi connectivity index (χ3n) is 10.7. The maximum absolute atomic E-state index is 12.6. The first kappa shape index (κ1) is 59.0. The van der Waals surface area contributed by atoms with Crippen molar-refractivity contribution >= 4 is 69.1 Å². The van der Waals surface area contributed by atoms with Crippen LogP contribution in [-0.4, -0.2) is 145 Å². The zero-order valence-electron chi connectivity index (χ0n) is 38.0. The van der Waals surface area contributed by atoms with E-state index in [-0.39, 0.29) is 54.1 Å². The number of aliphatic hydroxyl groups excluding tert-OH is 4. The van der Waals surface area contributed by atoms with Crippen LogP contribution in [0.4, 0.5) is 5.82 Å². The topological polar surface area (TPSA) is 434 Å². The smallest absolute Gasteiger partial charge is 0.274 e. The lowest BCUT2D eigenvalue weighted by Crippen LogP contribution is -2.47. The van der Waals surface area contributed by atoms with Gasteiger partial charge in [-0.05, 0) is 19.8 Å². The van der Waals surface area contributed by atoms with Crippen LogP contribution in [-0.2, 0) is 60.2 Å². The predicted octanol–water partition coefficient (Wildman–Crippen LogP) is -1.87. The van der Waals surface area contributed by atoms with Crippen LogP contribution in [0.5, 0.6) is 0 Å². The Bertz CT molecular complexity index is 2140. The number of nitrogens with zero attached hydrogens (tertiary/aromatic N) is 4. The van der Waals surface area contributed by atoms with E-state index in [1.807, 2.05) is 0 Å². The number of unbranched alkanes of at least 4 members (excludes halogenated alkanes) is 6. The van der Waals surface area contributed by atoms with Crippen LogP contribution >= 0.6 is 35.2 Å². The van der Waals surface area contributed by atoms with Crippen molar-refractivity contribution in [3.05, 3.63) is 12.7 Å². The number of carbonyl (C=O) groups is 3. The highest BCUT2D eigenvalue weighted by atomic mass is 32.2. The highest BCUT2D eigenvalue weighted by molar-refractivity contribution is 8.13. The second-order valence-corrected chi connectivity index (χ2v) is 22.1. The number of amides is 2. The molecule has 4 rings (SSSR count). The fourth-order valence-electron chi connectivity index (χ4n) is 6.89. The van der Waals surface area contributed by atoms with Gasteiger partial charge in [-0.2, -0.15) is 0 Å². The standard InChI is InChI=1S/C37H64N7O21P3S/c1-22-23(45)17-24(46)36(62-22)59-15-10-8-6-4-5-7-9-11-27(48)69-16-14-39-26(47)12-13-40-34(51)31(50)37(2,3)19-61-68(57,58)65-67(55,56)60-18-25-30(64-66(52,53)54)29(49)35(63-25)44-21-43-28-32(38)41-20-42-33(28)44/h20-25,29-31,35-36,45-46,49-50H,4-19H2,1-3H3,(H,39,47)(H,40,51)(H,55,56)(H,57,58)(H2,38,41,42)(H2,52,53,54)/p-4/t22-,23+,24+,25+,29+,30+,31-,35+,36+/m0/s1. The first-order valence-corrected chi connectivity index (χ1v) is 27.3. The fourth-order valence-corrected chi connectivity index (χ4v) is 10.3. The van der Waals surface area contributed by atoms with Gasteiger partial charge in [0.05, 0.1) is 39.6 Å². The maximum atomic E-state index is 12.6. The van der Waals surface area contributed by atoms with E-state index in [9.17, 15) is 68.1 Å². The normalized spacial score (nSPS) is 25.5. The van der Waals surface area contributed by atoms with Gasteiger partial charge in [0, 0.05) is 50.1 Å². The van der Waals surface area contributed by atoms with Crippen molar-refractivity contribution in [2.75, 3.05) is 44.4 Å². The van der Waals surface area contributed by atoms with Crippen LogP contribution in [0.25, 0.3) is 11.2 Å². The molecule has 32 heteroatoms. The van der Waals surface area contributed by atoms with Crippen LogP contribution in [0.3, 0.4) is 0 Å². The van der Waals surface area contributed by atoms with E-state index in [4.69, 9.17) is 19.9 Å². The predicted molar refractivity (Wildman–Crippen MR) is 232 cm³/mol. The van der Waals surface area contributed by atoms with Crippen molar-refractivity contribution in [3.8, 4) is 0 Å². The molecule has 0 saturated carbocycles. The third kappa shape index (κ3) is 19.4. The molecular weight excluding hydrogens is 1000 g/mol. The minimum atomic E-state index is -5.93. The molecule has 2 aliphatic rings. The number of phosphoric ester groups is 3. The van der Waals surface area contributed by atoms with Crippen molar-refractivity contribution in [1.29, 1.82) is 0 Å². The number of thioether (sulfide) groups is 1. The molecule has 4 heterocycles. The number of ether oxygens (including phenoxy) is 3. The molecule has 69 heavy (non-hydrogen) atoms. The van der Waals surface area contributed by atoms with Crippen molar-refractivity contribution in [2.24, 2.45) is 5.41 Å². The molecule has 2 aromatic heterocycles. The van der Waals surface area contributed by atoms with Gasteiger partial charge >= 0.3 is 0 Å². The number of rotatable bonds is 30. The summed E-state index contributed by atoms with van der Waals surface area (Å²) in [5.41, 5.74) is 4.05. The van der Waals surface area contributed by atoms with E-state index in [0.29, 0.717) is 18.8 Å². The lowest BCUT2D eigenvalue weighted by molar-refractivity contribution is -0.347. The minimum Gasteiger partial charge on any atom is -0.790 e. The Hall–Kier alpha value is -2.60. The molecule has 2 fully saturated rings. The third-order valence-corrected chi connectivity index (χ3v) is 14.7. The van der Waals surface area contributed by atoms with Crippen LogP contribution in [0.15, 0.2) is 12.7 Å². The minimum absolute atomic E-state index is 0.00372. The number of carbonyl (C=O) groups excluding carboxylic acids is 3. The summed E-state index contributed by atoms with van der Waals surface area (Å²) in [6, 6.07) is 0. The van der Waals surface area contributed by atoms with E-state index in [1.165, 1.54) is 13.8 Å². The number of aromatic nitrogens is 4. The summed E-state index contributed by atoms with van der Waals surface area (Å²) in [6.07, 6.45) is -3.30. The number of anilines is 1. The number of hydrogen-bond acceptors (Lipinski definition) is 26. The molecule has 2 saturated heterocycles. The maximum Gasteiger partial charge on any atom is 0.274 e. The van der Waals surface area contributed by atoms with E-state index < -0.39 is 103 Å². The van der Waals surface area contributed by atoms with Gasteiger partial charge in [-0.1, -0.05) is 57.7 Å². The largest absolute Gasteiger partial charge is 0.790 e. The summed E-state index contributed by atoms with van der Waals surface area (Å²) >= 11 is 1.09. The molecule has 2 aromatic rings. The van der Waals surface area contributed by atoms with E-state index in [0.717, 1.165) is 73.9 Å². The SMILES string of the molecule is C[C@@H]1O[C@@H](OCCCCCCCCCC(=O)SCCNC(=O)CCNC(=O)[C@H](O)C(C)(C)COP(=O)([O-])OP(=O)([O-])OC[C@H]2O[C@@H](n3cnc4c(N)ncnc43)[C@H](O)[C@@H]2OP(=O)([O-])[O-])[C@H](O)C[C@H]1O. The molecular formula is C37H60N7O21P3S-4. The van der Waals surface area contributed by atoms with Gasteiger partial charge in [0.1, 0.15) is 42.4 Å². The molecule has 11 atom stereocenters. The number of nitrogen functional groups attached to an aromatic ring is 1. The Kier molecular flexibility index (Phi) is 23.0. The number of nitrogens with one attached hydrogen (secondary N) is 2. The zero-order valence-corrected chi connectivity index (χ0v) is 41.5. The Morgan fingerprint density at radius 3 is 2.29 bits per heavy atom. The second-order valence-electron chi connectivity index (χ2n) is 16.9. The molecule has 0 aromatic carbocycles. The van der Waals surface area contributed by atoms with Gasteiger partial charge in [0.15, 0.2) is 29.1 Å². The summed E-state index contributed by atoms with van der Waals surface area (Å²) < 4.78 is 71.9. The summed E-state index contributed by atoms with van der Waals surface area (Å²) in [7, 11) is -17.6. The molecule has 2 unspecified atom stereocenters. The molecule has 0 aliphatic carbocycles. The molecule has 394 valence electrons. The van der Waals surface area contributed by atoms with Gasteiger partial charge in [-0.3, -0.25) is 28.1 Å². The molecule has 2 aliphatic heterocycles. The number of nitrogens with two attached hydrogens (primary N) is 1. The van der Waals surface area contributed by atoms with E-state index in [2.05, 4.69) is 43.5 Å². The summed E-state index contributed by atoms with van der Waals surface area (Å²) in [5, 5.41) is 46.1. The van der Waals surface area contributed by atoms with Crippen LogP contribution in [0, 0.1) is 5.41 Å². The lowest BCUT2D eigenvalue weighted by Gasteiger charge is -2.36. The van der Waals surface area contributed by atoms with Gasteiger partial charge in [-0.25, -0.2) is 19.3 Å². The molecule has 2 amide bonds. The average Bonchev–Trinajstić information content (AvgIpc) is 3.82. The summed E-state index contributed by atoms with van der Waals surface area (Å²) in [4.78, 5) is 96.8. The lowest BCUT2D eigenvalue weighted by atomic mass is 9.87. The Morgan fingerprint density at radius 1 is 0.928 bits per heavy atom. The second kappa shape index (κ2) is 26.9. The zero-order chi connectivity index (χ0) is 51.2. The molecule has 28 nitrogen and oxygen atoms in total. The molecule has 8 N–H and O–H groups in total. The van der Waals surface area contributed by atoms with E-state index in [1.54, 1.807) is 6.92 Å². The number of phosphoric acid groups is 3. The van der Waals surface area contributed by atoms with Crippen LogP contribution in [0.1, 0.15) is 91.2 Å². The summed E-state index contributed by atoms with van der Waals surface area (Å²) in [6.45, 7) is 2.24. The fraction of sp³-hybridized carbons (Fsp3) is 0.784. The first-order chi connectivity index (χ1) is 32.3. The first-order valence-electron chi connectivity index (χ1n) is 21.9. The Balaban J connectivity index is 1.06. The molecule has 0 spiro atoms. The number of hydrogen-bond donors (Lipinski definition) is 7. The molecule has 0 radical (unpaired) electrons. The van der Waals surface area contributed by atoms with Gasteiger partial charge in [-0.15, -0.1) is 0 Å². The van der Waals surface area contributed by atoms with Crippen LogP contribution in [0.2, 0.25) is 0 Å². The quantitative estimate of drug-likeness (QED) is 0.0333. The molecule has 0 bridgehead atoms. The van der Waals surface area contributed by atoms with Gasteiger partial charge in [0.25, 0.3) is 15.6 Å². The average molecular weight is 1060 g/mol. The highest BCUT2D eigenvalue weighted by Crippen LogP contribution is 2.56. The van der Waals surface area contributed by atoms with Crippen molar-refractivity contribution in [1.82, 2.24) is 30.2 Å². The van der Waals surface area contributed by atoms with Crippen molar-refractivity contribution in [3.63, 3.8) is 0 Å². The van der Waals surface area contributed by atoms with Crippen LogP contribution < -0.4 is 35.9 Å². The Morgan fingerprint density at radius 2 is 1.59 bits per heavy atom. The van der Waals surface area contributed by atoms with Gasteiger partial charge < -0.3 is 88.7 Å². The van der Waals surface area contributed by atoms with E-state index >= 15 is 0 Å². The number of imidazole rings is 1.